The van der Waals surface area contributed by atoms with Crippen molar-refractivity contribution in [3.8, 4) is 0 Å². The van der Waals surface area contributed by atoms with Crippen LogP contribution in [0, 0.1) is 5.82 Å². The lowest BCUT2D eigenvalue weighted by molar-refractivity contribution is -0.115. The van der Waals surface area contributed by atoms with Crippen LogP contribution in [0.15, 0.2) is 29.4 Å². The Balaban J connectivity index is 1.32. The molecule has 0 radical (unpaired) electrons. The summed E-state index contributed by atoms with van der Waals surface area (Å²) in [6.45, 7) is 3.92. The molecular weight excluding hydrogens is 565 g/mol. The molecule has 0 unspecified atom stereocenters. The Kier molecular flexibility index (Phi) is 9.39. The summed E-state index contributed by atoms with van der Waals surface area (Å²) in [5.41, 5.74) is 1.44. The van der Waals surface area contributed by atoms with Gasteiger partial charge >= 0.3 is 5.97 Å². The van der Waals surface area contributed by atoms with E-state index in [0.717, 1.165) is 61.8 Å². The average Bonchev–Trinajstić information content (AvgIpc) is 3.67. The normalized spacial score (nSPS) is 15.8. The van der Waals surface area contributed by atoms with E-state index in [4.69, 9.17) is 4.74 Å². The lowest BCUT2D eigenvalue weighted by Crippen LogP contribution is -2.27. The minimum atomic E-state index is -0.586. The van der Waals surface area contributed by atoms with Gasteiger partial charge in [0.25, 0.3) is 5.91 Å². The number of nitrogens with one attached hydrogen (secondary N) is 2. The standard InChI is InChI=1S/C29H34FN5O4S2/c1-3-39-28(38)24-20-13-9-15-22(20)41-27(24)32-25(36)17(2)40-29-34-33-23(35(29)18-10-5-4-6-11-18)16-31-26(37)19-12-7-8-14-21(19)30/h7-8,12,14,17-18H,3-6,9-11,13,15-16H2,1-2H3,(H,31,37)(H,32,36)/t17-/m0/s1. The summed E-state index contributed by atoms with van der Waals surface area (Å²) in [4.78, 5) is 39.8. The number of anilines is 1. The maximum Gasteiger partial charge on any atom is 0.341 e. The summed E-state index contributed by atoms with van der Waals surface area (Å²) >= 11 is 2.74. The van der Waals surface area contributed by atoms with Crippen LogP contribution in [0.25, 0.3) is 0 Å². The van der Waals surface area contributed by atoms with Crippen molar-refractivity contribution in [2.24, 2.45) is 0 Å². The molecule has 1 saturated carbocycles. The molecule has 0 aliphatic heterocycles. The van der Waals surface area contributed by atoms with Gasteiger partial charge in [-0.1, -0.05) is 43.2 Å². The first kappa shape index (κ1) is 29.2. The van der Waals surface area contributed by atoms with Crippen LogP contribution < -0.4 is 10.6 Å². The number of thioether (sulfide) groups is 1. The first-order valence-corrected chi connectivity index (χ1v) is 15.8. The highest BCUT2D eigenvalue weighted by Gasteiger charge is 2.31. The van der Waals surface area contributed by atoms with E-state index < -0.39 is 22.9 Å². The summed E-state index contributed by atoms with van der Waals surface area (Å²) in [6.07, 6.45) is 7.90. The predicted molar refractivity (Wildman–Crippen MR) is 156 cm³/mol. The number of thiophene rings is 1. The zero-order valence-corrected chi connectivity index (χ0v) is 24.8. The van der Waals surface area contributed by atoms with Crippen molar-refractivity contribution in [3.05, 3.63) is 57.5 Å². The van der Waals surface area contributed by atoms with Gasteiger partial charge in [0.05, 0.1) is 29.5 Å². The summed E-state index contributed by atoms with van der Waals surface area (Å²) < 4.78 is 21.4. The molecule has 1 atom stereocenters. The van der Waals surface area contributed by atoms with Crippen LogP contribution in [0.4, 0.5) is 9.39 Å². The first-order valence-electron chi connectivity index (χ1n) is 14.1. The Morgan fingerprint density at radius 3 is 2.68 bits per heavy atom. The second-order valence-corrected chi connectivity index (χ2v) is 12.7. The molecule has 41 heavy (non-hydrogen) atoms. The lowest BCUT2D eigenvalue weighted by Gasteiger charge is -2.26. The van der Waals surface area contributed by atoms with Gasteiger partial charge in [-0.05, 0) is 63.6 Å². The van der Waals surface area contributed by atoms with E-state index in [9.17, 15) is 18.8 Å². The van der Waals surface area contributed by atoms with E-state index in [0.29, 0.717) is 21.5 Å². The summed E-state index contributed by atoms with van der Waals surface area (Å²) in [7, 11) is 0. The number of aromatic nitrogens is 3. The molecule has 2 N–H and O–H groups in total. The molecule has 0 saturated heterocycles. The fourth-order valence-electron chi connectivity index (χ4n) is 5.45. The van der Waals surface area contributed by atoms with Crippen LogP contribution in [0.1, 0.15) is 95.4 Å². The molecule has 0 bridgehead atoms. The molecule has 0 spiro atoms. The van der Waals surface area contributed by atoms with Gasteiger partial charge in [0.15, 0.2) is 11.0 Å². The topological polar surface area (TPSA) is 115 Å². The number of halogens is 1. The second-order valence-electron chi connectivity index (χ2n) is 10.3. The van der Waals surface area contributed by atoms with Gasteiger partial charge in [-0.3, -0.25) is 9.59 Å². The Labute approximate surface area is 246 Å². The number of ether oxygens (including phenoxy) is 1. The third kappa shape index (κ3) is 6.48. The number of nitrogens with zero attached hydrogens (tertiary/aromatic N) is 3. The van der Waals surface area contributed by atoms with E-state index in [1.54, 1.807) is 19.9 Å². The van der Waals surface area contributed by atoms with E-state index in [-0.39, 0.29) is 30.7 Å². The van der Waals surface area contributed by atoms with Gasteiger partial charge in [-0.25, -0.2) is 9.18 Å². The molecule has 218 valence electrons. The van der Waals surface area contributed by atoms with Crippen LogP contribution in [-0.2, 0) is 28.9 Å². The van der Waals surface area contributed by atoms with Crippen LogP contribution in [0.5, 0.6) is 0 Å². The molecule has 2 heterocycles. The predicted octanol–water partition coefficient (Wildman–Crippen LogP) is 5.70. The maximum absolute atomic E-state index is 14.1. The maximum atomic E-state index is 14.1. The highest BCUT2D eigenvalue weighted by Crippen LogP contribution is 2.40. The Morgan fingerprint density at radius 2 is 1.93 bits per heavy atom. The molecule has 2 aliphatic carbocycles. The van der Waals surface area contributed by atoms with Crippen LogP contribution >= 0.6 is 23.1 Å². The van der Waals surface area contributed by atoms with Crippen LogP contribution in [0.3, 0.4) is 0 Å². The van der Waals surface area contributed by atoms with E-state index in [2.05, 4.69) is 20.8 Å². The molecule has 9 nitrogen and oxygen atoms in total. The molecular formula is C29H34FN5O4S2. The van der Waals surface area contributed by atoms with Crippen molar-refractivity contribution in [3.63, 3.8) is 0 Å². The third-order valence-corrected chi connectivity index (χ3v) is 9.75. The van der Waals surface area contributed by atoms with Crippen molar-refractivity contribution < 1.29 is 23.5 Å². The molecule has 2 aliphatic rings. The van der Waals surface area contributed by atoms with Gasteiger partial charge in [0.1, 0.15) is 10.8 Å². The highest BCUT2D eigenvalue weighted by atomic mass is 32.2. The van der Waals surface area contributed by atoms with E-state index >= 15 is 0 Å². The molecule has 12 heteroatoms. The molecule has 3 aromatic rings. The number of hydrogen-bond donors (Lipinski definition) is 2. The number of fused-ring (bicyclic) bond motifs is 1. The Bertz CT molecular complexity index is 1430. The Hall–Kier alpha value is -3.25. The number of aryl methyl sites for hydroxylation is 1. The SMILES string of the molecule is CCOC(=O)c1c(NC(=O)[C@H](C)Sc2nnc(CNC(=O)c3ccccc3F)n2C2CCCCC2)sc2c1CCC2. The van der Waals surface area contributed by atoms with Crippen LogP contribution in [-0.4, -0.2) is 44.4 Å². The quantitative estimate of drug-likeness (QED) is 0.227. The van der Waals surface area contributed by atoms with Gasteiger partial charge in [0, 0.05) is 10.9 Å². The van der Waals surface area contributed by atoms with Gasteiger partial charge < -0.3 is 19.9 Å². The van der Waals surface area contributed by atoms with Crippen LogP contribution in [0.2, 0.25) is 0 Å². The van der Waals surface area contributed by atoms with Crippen molar-refractivity contribution >= 4 is 45.9 Å². The first-order chi connectivity index (χ1) is 19.9. The number of amides is 2. The zero-order chi connectivity index (χ0) is 28.9. The minimum Gasteiger partial charge on any atom is -0.462 e. The molecule has 2 aromatic heterocycles. The summed E-state index contributed by atoms with van der Waals surface area (Å²) in [6, 6.07) is 5.99. The zero-order valence-electron chi connectivity index (χ0n) is 23.2. The van der Waals surface area contributed by atoms with Crippen molar-refractivity contribution in [2.45, 2.75) is 88.2 Å². The number of carbonyl (C=O) groups is 3. The molecule has 2 amide bonds. The smallest absolute Gasteiger partial charge is 0.341 e. The fraction of sp³-hybridized carbons (Fsp3) is 0.483. The van der Waals surface area contributed by atoms with E-state index in [1.165, 1.54) is 41.3 Å². The number of hydrogen-bond acceptors (Lipinski definition) is 8. The number of benzene rings is 1. The minimum absolute atomic E-state index is 0.0298. The van der Waals surface area contributed by atoms with Gasteiger partial charge in [-0.2, -0.15) is 0 Å². The number of carbonyl (C=O) groups excluding carboxylic acids is 3. The highest BCUT2D eigenvalue weighted by molar-refractivity contribution is 8.00. The molecule has 1 fully saturated rings. The number of rotatable bonds is 10. The van der Waals surface area contributed by atoms with Crippen molar-refractivity contribution in [2.75, 3.05) is 11.9 Å². The van der Waals surface area contributed by atoms with Gasteiger partial charge in [0.2, 0.25) is 5.91 Å². The number of esters is 1. The summed E-state index contributed by atoms with van der Waals surface area (Å²) in [5, 5.41) is 15.1. The van der Waals surface area contributed by atoms with Crippen molar-refractivity contribution in [1.29, 1.82) is 0 Å². The summed E-state index contributed by atoms with van der Waals surface area (Å²) in [5.74, 6) is -1.19. The Morgan fingerprint density at radius 1 is 1.15 bits per heavy atom. The molecule has 5 rings (SSSR count). The monoisotopic (exact) mass is 599 g/mol. The van der Waals surface area contributed by atoms with Gasteiger partial charge in [-0.15, -0.1) is 21.5 Å². The third-order valence-electron chi connectivity index (χ3n) is 7.49. The second kappa shape index (κ2) is 13.2. The molecule has 1 aromatic carbocycles. The van der Waals surface area contributed by atoms with E-state index in [1.807, 2.05) is 4.57 Å². The largest absolute Gasteiger partial charge is 0.462 e. The average molecular weight is 600 g/mol. The lowest BCUT2D eigenvalue weighted by atomic mass is 9.95. The fourth-order valence-corrected chi connectivity index (χ4v) is 7.67. The van der Waals surface area contributed by atoms with Crippen molar-refractivity contribution in [1.82, 2.24) is 20.1 Å².